The van der Waals surface area contributed by atoms with Crippen molar-refractivity contribution >= 4 is 18.4 Å². The zero-order valence-corrected chi connectivity index (χ0v) is 9.82. The summed E-state index contributed by atoms with van der Waals surface area (Å²) in [6.07, 6.45) is 2.82. The second-order valence-corrected chi connectivity index (χ2v) is 4.94. The summed E-state index contributed by atoms with van der Waals surface area (Å²) in [5.41, 5.74) is 0.438. The van der Waals surface area contributed by atoms with E-state index < -0.39 is 7.12 Å². The minimum absolute atomic E-state index is 0.438. The summed E-state index contributed by atoms with van der Waals surface area (Å²) in [5, 5.41) is 18.0. The Hall–Kier alpha value is -1.11. The number of pyridine rings is 1. The fraction of sp³-hybridized carbons (Fsp3) is 0.545. The number of hydrogen-bond acceptors (Lipinski definition) is 5. The number of fused-ring (bicyclic) bond motifs is 2. The number of rotatable bonds is 2. The van der Waals surface area contributed by atoms with E-state index in [9.17, 15) is 0 Å². The maximum absolute atomic E-state index is 9.00. The first-order valence-electron chi connectivity index (χ1n) is 5.94. The van der Waals surface area contributed by atoms with Crippen LogP contribution in [-0.2, 0) is 0 Å². The van der Waals surface area contributed by atoms with Crippen LogP contribution < -0.4 is 10.4 Å². The number of aromatic nitrogens is 1. The topological polar surface area (TPSA) is 59.8 Å². The lowest BCUT2D eigenvalue weighted by molar-refractivity contribution is 0.0261. The summed E-state index contributed by atoms with van der Waals surface area (Å²) in [6, 6.07) is 4.88. The summed E-state index contributed by atoms with van der Waals surface area (Å²) in [5.74, 6) is 0.928. The minimum Gasteiger partial charge on any atom is -0.423 e. The van der Waals surface area contributed by atoms with Gasteiger partial charge in [0.1, 0.15) is 5.82 Å². The second-order valence-electron chi connectivity index (χ2n) is 4.94. The number of anilines is 1. The van der Waals surface area contributed by atoms with Crippen molar-refractivity contribution in [2.24, 2.45) is 0 Å². The predicted molar refractivity (Wildman–Crippen MR) is 66.2 cm³/mol. The number of piperazine rings is 1. The molecule has 0 amide bonds. The van der Waals surface area contributed by atoms with Crippen molar-refractivity contribution in [3.8, 4) is 0 Å². The van der Waals surface area contributed by atoms with Crippen LogP contribution >= 0.6 is 0 Å². The van der Waals surface area contributed by atoms with Gasteiger partial charge >= 0.3 is 7.12 Å². The molecule has 2 bridgehead atoms. The van der Waals surface area contributed by atoms with E-state index in [2.05, 4.69) is 21.8 Å². The zero-order chi connectivity index (χ0) is 12.0. The fourth-order valence-electron chi connectivity index (χ4n) is 2.72. The van der Waals surface area contributed by atoms with Gasteiger partial charge in [-0.2, -0.15) is 0 Å². The molecule has 0 spiro atoms. The van der Waals surface area contributed by atoms with Gasteiger partial charge in [-0.1, -0.05) is 6.07 Å². The number of piperidine rings is 1. The molecule has 2 unspecified atom stereocenters. The Morgan fingerprint density at radius 1 is 1.29 bits per heavy atom. The molecule has 0 saturated carbocycles. The molecule has 3 fully saturated rings. The molecule has 1 aromatic heterocycles. The van der Waals surface area contributed by atoms with Crippen LogP contribution in [0.5, 0.6) is 0 Å². The van der Waals surface area contributed by atoms with Crippen LogP contribution in [0.25, 0.3) is 0 Å². The van der Waals surface area contributed by atoms with Gasteiger partial charge in [-0.3, -0.25) is 4.90 Å². The summed E-state index contributed by atoms with van der Waals surface area (Å²) in [7, 11) is 0.742. The molecule has 4 heterocycles. The maximum Gasteiger partial charge on any atom is 0.490 e. The first-order valence-corrected chi connectivity index (χ1v) is 5.94. The van der Waals surface area contributed by atoms with E-state index in [4.69, 9.17) is 10.0 Å². The lowest BCUT2D eigenvalue weighted by Gasteiger charge is -2.55. The van der Waals surface area contributed by atoms with Crippen molar-refractivity contribution in [1.29, 1.82) is 0 Å². The fourth-order valence-corrected chi connectivity index (χ4v) is 2.72. The molecule has 2 atom stereocenters. The van der Waals surface area contributed by atoms with Crippen molar-refractivity contribution in [2.45, 2.75) is 18.5 Å². The molecule has 4 rings (SSSR count). The highest BCUT2D eigenvalue weighted by Gasteiger charge is 2.42. The first kappa shape index (κ1) is 11.0. The van der Waals surface area contributed by atoms with E-state index in [0.717, 1.165) is 18.9 Å². The van der Waals surface area contributed by atoms with Crippen LogP contribution in [-0.4, -0.2) is 59.3 Å². The van der Waals surface area contributed by atoms with Gasteiger partial charge in [0.25, 0.3) is 0 Å². The Bertz CT molecular complexity index is 400. The Morgan fingerprint density at radius 3 is 2.47 bits per heavy atom. The average molecular weight is 233 g/mol. The van der Waals surface area contributed by atoms with E-state index >= 15 is 0 Å². The lowest BCUT2D eigenvalue weighted by Crippen LogP contribution is -2.67. The largest absolute Gasteiger partial charge is 0.490 e. The molecular formula is C11H16BN3O2. The third-order valence-electron chi connectivity index (χ3n) is 3.95. The number of likely N-dealkylation sites (N-methyl/N-ethyl adjacent to an activating group) is 1. The van der Waals surface area contributed by atoms with Crippen molar-refractivity contribution in [3.05, 3.63) is 18.3 Å². The van der Waals surface area contributed by atoms with E-state index in [1.54, 1.807) is 6.07 Å². The molecular weight excluding hydrogens is 217 g/mol. The van der Waals surface area contributed by atoms with Gasteiger partial charge < -0.3 is 14.9 Å². The normalized spacial score (nSPS) is 27.8. The van der Waals surface area contributed by atoms with Gasteiger partial charge in [-0.15, -0.1) is 0 Å². The van der Waals surface area contributed by atoms with Crippen molar-refractivity contribution in [1.82, 2.24) is 9.88 Å². The van der Waals surface area contributed by atoms with Gasteiger partial charge in [0, 0.05) is 36.8 Å². The third kappa shape index (κ3) is 1.82. The summed E-state index contributed by atoms with van der Waals surface area (Å²) in [4.78, 5) is 8.98. The SMILES string of the molecule is CN1C2CC1CN(c1ccc(B(O)O)cn1)C2. The molecule has 0 aliphatic carbocycles. The van der Waals surface area contributed by atoms with Crippen molar-refractivity contribution in [2.75, 3.05) is 25.0 Å². The standard InChI is InChI=1S/C11H16BN3O2/c1-14-9-4-10(14)7-15(6-9)11-3-2-8(5-13-11)12(16)17/h2-3,5,9-10,16-17H,4,6-7H2,1H3. The van der Waals surface area contributed by atoms with Crippen LogP contribution in [0.15, 0.2) is 18.3 Å². The Labute approximate surface area is 101 Å². The van der Waals surface area contributed by atoms with E-state index in [1.165, 1.54) is 12.6 Å². The Balaban J connectivity index is 1.73. The second kappa shape index (κ2) is 3.98. The molecule has 6 heteroatoms. The minimum atomic E-state index is -1.43. The summed E-state index contributed by atoms with van der Waals surface area (Å²) >= 11 is 0. The van der Waals surface area contributed by atoms with Gasteiger partial charge in [0.2, 0.25) is 0 Å². The summed E-state index contributed by atoms with van der Waals surface area (Å²) in [6.45, 7) is 2.03. The molecule has 3 saturated heterocycles. The van der Waals surface area contributed by atoms with Crippen LogP contribution in [0, 0.1) is 0 Å². The van der Waals surface area contributed by atoms with Gasteiger partial charge in [-0.25, -0.2) is 4.98 Å². The van der Waals surface area contributed by atoms with Gasteiger partial charge in [0.05, 0.1) is 0 Å². The quantitative estimate of drug-likeness (QED) is 0.619. The van der Waals surface area contributed by atoms with Crippen molar-refractivity contribution in [3.63, 3.8) is 0 Å². The van der Waals surface area contributed by atoms with Crippen LogP contribution in [0.4, 0.5) is 5.82 Å². The highest BCUT2D eigenvalue weighted by Crippen LogP contribution is 2.31. The Morgan fingerprint density at radius 2 is 2.00 bits per heavy atom. The monoisotopic (exact) mass is 233 g/mol. The smallest absolute Gasteiger partial charge is 0.423 e. The third-order valence-corrected chi connectivity index (χ3v) is 3.95. The Kier molecular flexibility index (Phi) is 2.58. The predicted octanol–water partition coefficient (Wildman–Crippen LogP) is -1.35. The molecule has 1 aromatic rings. The van der Waals surface area contributed by atoms with Gasteiger partial charge in [0.15, 0.2) is 0 Å². The molecule has 0 aromatic carbocycles. The molecule has 5 nitrogen and oxygen atoms in total. The molecule has 3 aliphatic heterocycles. The molecule has 0 radical (unpaired) electrons. The van der Waals surface area contributed by atoms with Crippen LogP contribution in [0.2, 0.25) is 0 Å². The highest BCUT2D eigenvalue weighted by molar-refractivity contribution is 6.58. The van der Waals surface area contributed by atoms with Crippen molar-refractivity contribution < 1.29 is 10.0 Å². The van der Waals surface area contributed by atoms with Crippen LogP contribution in [0.1, 0.15) is 6.42 Å². The number of hydrogen-bond donors (Lipinski definition) is 2. The first-order chi connectivity index (χ1) is 8.15. The van der Waals surface area contributed by atoms with E-state index in [0.29, 0.717) is 17.5 Å². The number of nitrogens with zero attached hydrogens (tertiary/aromatic N) is 3. The lowest BCUT2D eigenvalue weighted by atomic mass is 9.82. The molecule has 3 aliphatic rings. The van der Waals surface area contributed by atoms with E-state index in [1.807, 2.05) is 6.07 Å². The average Bonchev–Trinajstić information content (AvgIpc) is 2.38. The maximum atomic E-state index is 9.00. The van der Waals surface area contributed by atoms with E-state index in [-0.39, 0.29) is 0 Å². The van der Waals surface area contributed by atoms with Gasteiger partial charge in [-0.05, 0) is 19.5 Å². The molecule has 2 N–H and O–H groups in total. The molecule has 90 valence electrons. The highest BCUT2D eigenvalue weighted by atomic mass is 16.4. The molecule has 17 heavy (non-hydrogen) atoms. The zero-order valence-electron chi connectivity index (χ0n) is 9.82. The summed E-state index contributed by atoms with van der Waals surface area (Å²) < 4.78 is 0. The van der Waals surface area contributed by atoms with Crippen LogP contribution in [0.3, 0.4) is 0 Å².